The van der Waals surface area contributed by atoms with E-state index >= 15 is 0 Å². The van der Waals surface area contributed by atoms with Gasteiger partial charge in [-0.1, -0.05) is 24.0 Å². The van der Waals surface area contributed by atoms with Crippen molar-refractivity contribution in [1.82, 2.24) is 29.8 Å². The van der Waals surface area contributed by atoms with Crippen molar-refractivity contribution in [2.75, 3.05) is 0 Å². The fraction of sp³-hybridized carbons (Fsp3) is 0.154. The summed E-state index contributed by atoms with van der Waals surface area (Å²) in [7, 11) is 1.50. The minimum Gasteiger partial charge on any atom is -0.465 e. The quantitative estimate of drug-likeness (QED) is 0.698. The molecule has 22 heavy (non-hydrogen) atoms. The number of aromatic nitrogens is 6. The topological polar surface area (TPSA) is 87.7 Å². The maximum atomic E-state index is 12.1. The highest BCUT2D eigenvalue weighted by molar-refractivity contribution is 7.11. The molecule has 0 fully saturated rings. The number of hydrogen-bond acceptors (Lipinski definition) is 7. The van der Waals surface area contributed by atoms with Crippen LogP contribution in [0.25, 0.3) is 11.9 Å². The van der Waals surface area contributed by atoms with E-state index in [1.807, 2.05) is 0 Å². The van der Waals surface area contributed by atoms with E-state index in [0.717, 1.165) is 14.9 Å². The predicted octanol–water partition coefficient (Wildman–Crippen LogP) is 1.04. The number of aryl methyl sites for hydroxylation is 1. The Labute approximate surface area is 130 Å². The Morgan fingerprint density at radius 1 is 1.50 bits per heavy atom. The molecule has 3 aromatic rings. The number of pyridine rings is 1. The van der Waals surface area contributed by atoms with Gasteiger partial charge in [-0.25, -0.2) is 14.8 Å². The van der Waals surface area contributed by atoms with Crippen LogP contribution in [0.4, 0.5) is 0 Å². The molecule has 9 heteroatoms. The third kappa shape index (κ3) is 2.53. The standard InChI is InChI=1S/C13H12N6O2S/c1-3-9-4-5-14-11(19-13(20)18(2)16-17-19)10(9)8-21-12-15-6-7-22-12/h3-7H,1,8H2,2H3/i6T. The summed E-state index contributed by atoms with van der Waals surface area (Å²) in [6, 6.07) is 1.76. The highest BCUT2D eigenvalue weighted by Crippen LogP contribution is 2.20. The first-order valence-electron chi connectivity index (χ1n) is 6.74. The Kier molecular flexibility index (Phi) is 3.46. The molecule has 3 aromatic heterocycles. The van der Waals surface area contributed by atoms with Crippen molar-refractivity contribution in [1.29, 1.82) is 0 Å². The summed E-state index contributed by atoms with van der Waals surface area (Å²) in [6.07, 6.45) is 3.34. The number of hydrogen-bond donors (Lipinski definition) is 0. The molecule has 0 atom stereocenters. The van der Waals surface area contributed by atoms with Crippen LogP contribution < -0.4 is 10.4 Å². The Balaban J connectivity index is 2.01. The van der Waals surface area contributed by atoms with Gasteiger partial charge in [-0.3, -0.25) is 0 Å². The first kappa shape index (κ1) is 12.9. The summed E-state index contributed by atoms with van der Waals surface area (Å²) in [6.45, 7) is 3.87. The summed E-state index contributed by atoms with van der Waals surface area (Å²) in [5, 5.41) is 9.43. The van der Waals surface area contributed by atoms with Crippen LogP contribution >= 0.6 is 11.3 Å². The second kappa shape index (κ2) is 5.90. The van der Waals surface area contributed by atoms with Gasteiger partial charge >= 0.3 is 5.69 Å². The molecular formula is C13H12N6O2S. The predicted molar refractivity (Wildman–Crippen MR) is 80.9 cm³/mol. The van der Waals surface area contributed by atoms with Gasteiger partial charge in [-0.15, -0.1) is 4.68 Å². The van der Waals surface area contributed by atoms with Gasteiger partial charge in [0.1, 0.15) is 6.61 Å². The molecular weight excluding hydrogens is 304 g/mol. The lowest BCUT2D eigenvalue weighted by atomic mass is 10.1. The lowest BCUT2D eigenvalue weighted by Gasteiger charge is -2.10. The lowest BCUT2D eigenvalue weighted by molar-refractivity contribution is 0.303. The van der Waals surface area contributed by atoms with E-state index in [-0.39, 0.29) is 12.8 Å². The third-order valence-electron chi connectivity index (χ3n) is 2.92. The first-order chi connectivity index (χ1) is 11.1. The van der Waals surface area contributed by atoms with Crippen LogP contribution in [0.15, 0.2) is 35.2 Å². The summed E-state index contributed by atoms with van der Waals surface area (Å²) < 4.78 is 15.2. The van der Waals surface area contributed by atoms with Crippen molar-refractivity contribution in [2.45, 2.75) is 6.61 Å². The smallest absolute Gasteiger partial charge is 0.369 e. The third-order valence-corrected chi connectivity index (χ3v) is 3.55. The monoisotopic (exact) mass is 318 g/mol. The number of thiazole rings is 1. The van der Waals surface area contributed by atoms with Gasteiger partial charge in [-0.2, -0.15) is 4.68 Å². The Morgan fingerprint density at radius 2 is 2.36 bits per heavy atom. The number of tetrazole rings is 1. The zero-order valence-electron chi connectivity index (χ0n) is 12.6. The van der Waals surface area contributed by atoms with Crippen LogP contribution in [0.1, 0.15) is 12.5 Å². The summed E-state index contributed by atoms with van der Waals surface area (Å²) in [5.41, 5.74) is 0.977. The maximum absolute atomic E-state index is 12.1. The normalized spacial score (nSPS) is 11.2. The molecule has 0 bridgehead atoms. The van der Waals surface area contributed by atoms with Crippen molar-refractivity contribution < 1.29 is 6.11 Å². The molecule has 0 unspecified atom stereocenters. The fourth-order valence-electron chi connectivity index (χ4n) is 1.85. The van der Waals surface area contributed by atoms with E-state index in [9.17, 15) is 4.79 Å². The fourth-order valence-corrected chi connectivity index (χ4v) is 2.28. The van der Waals surface area contributed by atoms with Crippen LogP contribution in [0.2, 0.25) is 0 Å². The van der Waals surface area contributed by atoms with Crippen LogP contribution in [-0.2, 0) is 13.7 Å². The van der Waals surface area contributed by atoms with E-state index in [2.05, 4.69) is 27.0 Å². The molecule has 0 saturated carbocycles. The molecule has 3 heterocycles. The minimum atomic E-state index is -0.414. The summed E-state index contributed by atoms with van der Waals surface area (Å²) >= 11 is 1.22. The highest BCUT2D eigenvalue weighted by Gasteiger charge is 2.16. The van der Waals surface area contributed by atoms with Gasteiger partial charge in [0.15, 0.2) is 5.82 Å². The Morgan fingerprint density at radius 3 is 3.00 bits per heavy atom. The van der Waals surface area contributed by atoms with Gasteiger partial charge in [0.2, 0.25) is 0 Å². The Bertz CT molecular complexity index is 915. The van der Waals surface area contributed by atoms with Gasteiger partial charge in [0, 0.05) is 30.4 Å². The average Bonchev–Trinajstić information content (AvgIpc) is 3.11. The van der Waals surface area contributed by atoms with Gasteiger partial charge < -0.3 is 4.74 Å². The minimum absolute atomic E-state index is 0.112. The number of rotatable bonds is 5. The molecule has 0 aliphatic rings. The van der Waals surface area contributed by atoms with Gasteiger partial charge in [0.05, 0.1) is 1.37 Å². The van der Waals surface area contributed by atoms with E-state index in [1.54, 1.807) is 23.7 Å². The van der Waals surface area contributed by atoms with Gasteiger partial charge in [0.25, 0.3) is 5.19 Å². The molecule has 0 N–H and O–H groups in total. The summed E-state index contributed by atoms with van der Waals surface area (Å²) in [4.78, 5) is 20.2. The van der Waals surface area contributed by atoms with Crippen molar-refractivity contribution in [3.63, 3.8) is 0 Å². The summed E-state index contributed by atoms with van der Waals surface area (Å²) in [5.74, 6) is 0.322. The van der Waals surface area contributed by atoms with Crippen molar-refractivity contribution in [3.8, 4) is 11.0 Å². The molecule has 0 saturated heterocycles. The molecule has 0 spiro atoms. The SMILES string of the molecule is [3H]c1csc(OCc2c(C=C)ccnc2-n2nnn(C)c2=O)n1. The molecule has 0 amide bonds. The molecule has 0 aliphatic heterocycles. The van der Waals surface area contributed by atoms with Crippen molar-refractivity contribution >= 4 is 17.4 Å². The molecule has 8 nitrogen and oxygen atoms in total. The van der Waals surface area contributed by atoms with E-state index in [4.69, 9.17) is 6.11 Å². The highest BCUT2D eigenvalue weighted by atomic mass is 32.1. The van der Waals surface area contributed by atoms with Crippen LogP contribution in [0, 0.1) is 0 Å². The molecule has 0 aliphatic carbocycles. The average molecular weight is 318 g/mol. The molecule has 112 valence electrons. The van der Waals surface area contributed by atoms with Crippen LogP contribution in [0.3, 0.4) is 0 Å². The Hall–Kier alpha value is -2.81. The van der Waals surface area contributed by atoms with E-state index < -0.39 is 5.69 Å². The first-order valence-corrected chi connectivity index (χ1v) is 7.12. The zero-order valence-corrected chi connectivity index (χ0v) is 12.4. The number of ether oxygens (including phenoxy) is 1. The maximum Gasteiger partial charge on any atom is 0.369 e. The van der Waals surface area contributed by atoms with E-state index in [0.29, 0.717) is 16.6 Å². The largest absolute Gasteiger partial charge is 0.465 e. The zero-order chi connectivity index (χ0) is 16.4. The van der Waals surface area contributed by atoms with E-state index in [1.165, 1.54) is 18.4 Å². The van der Waals surface area contributed by atoms with Crippen molar-refractivity contribution in [3.05, 3.63) is 52.0 Å². The molecule has 0 radical (unpaired) electrons. The lowest BCUT2D eigenvalue weighted by Crippen LogP contribution is -2.24. The number of nitrogens with zero attached hydrogens (tertiary/aromatic N) is 6. The van der Waals surface area contributed by atoms with Crippen LogP contribution in [0.5, 0.6) is 5.19 Å². The van der Waals surface area contributed by atoms with Gasteiger partial charge in [-0.05, 0) is 22.1 Å². The van der Waals surface area contributed by atoms with Crippen molar-refractivity contribution in [2.24, 2.45) is 7.05 Å². The van der Waals surface area contributed by atoms with Crippen LogP contribution in [-0.4, -0.2) is 29.8 Å². The molecule has 3 rings (SSSR count). The second-order valence-electron chi connectivity index (χ2n) is 4.23. The second-order valence-corrected chi connectivity index (χ2v) is 5.06. The molecule has 0 aromatic carbocycles.